The van der Waals surface area contributed by atoms with Crippen molar-refractivity contribution in [1.82, 2.24) is 10.0 Å². The molecule has 0 aliphatic heterocycles. The summed E-state index contributed by atoms with van der Waals surface area (Å²) >= 11 is 1.34. The van der Waals surface area contributed by atoms with E-state index in [1.807, 2.05) is 4.72 Å². The third kappa shape index (κ3) is 3.95. The molecule has 108 valence electrons. The number of alkyl halides is 2. The third-order valence-corrected chi connectivity index (χ3v) is 5.70. The van der Waals surface area contributed by atoms with Crippen molar-refractivity contribution in [2.75, 3.05) is 6.54 Å². The molecule has 1 heterocycles. The van der Waals surface area contributed by atoms with Gasteiger partial charge in [-0.2, -0.15) is 0 Å². The molecule has 1 fully saturated rings. The number of thiophene rings is 1. The second-order valence-corrected chi connectivity index (χ2v) is 7.24. The fraction of sp³-hybridized carbons (Fsp3) is 0.636. The molecule has 0 amide bonds. The molecule has 0 saturated heterocycles. The van der Waals surface area contributed by atoms with Crippen molar-refractivity contribution in [3.05, 3.63) is 15.8 Å². The van der Waals surface area contributed by atoms with Crippen LogP contribution in [0, 0.1) is 6.92 Å². The van der Waals surface area contributed by atoms with Gasteiger partial charge in [-0.1, -0.05) is 0 Å². The molecule has 1 aliphatic carbocycles. The summed E-state index contributed by atoms with van der Waals surface area (Å²) in [6.45, 7) is 1.29. The summed E-state index contributed by atoms with van der Waals surface area (Å²) in [5.74, 6) is 0. The molecule has 2 rings (SSSR count). The summed E-state index contributed by atoms with van der Waals surface area (Å²) in [5.41, 5.74) is 0.597. The molecule has 0 atom stereocenters. The van der Waals surface area contributed by atoms with E-state index in [0.717, 1.165) is 12.8 Å². The summed E-state index contributed by atoms with van der Waals surface area (Å²) in [7, 11) is -3.86. The largest absolute Gasteiger partial charge is 0.309 e. The first-order chi connectivity index (χ1) is 8.90. The Bertz CT molecular complexity index is 539. The number of sulfonamides is 1. The lowest BCUT2D eigenvalue weighted by Crippen LogP contribution is -2.30. The van der Waals surface area contributed by atoms with E-state index in [9.17, 15) is 17.2 Å². The van der Waals surface area contributed by atoms with Gasteiger partial charge in [0.05, 0.1) is 6.54 Å². The summed E-state index contributed by atoms with van der Waals surface area (Å²) in [6, 6.07) is 0.465. The molecule has 4 nitrogen and oxygen atoms in total. The number of hydrogen-bond acceptors (Lipinski definition) is 4. The maximum absolute atomic E-state index is 12.1. The minimum absolute atomic E-state index is 0.145. The van der Waals surface area contributed by atoms with Crippen molar-refractivity contribution in [2.24, 2.45) is 0 Å². The van der Waals surface area contributed by atoms with Crippen LogP contribution in [0.15, 0.2) is 10.3 Å². The van der Waals surface area contributed by atoms with E-state index < -0.39 is 23.0 Å². The molecule has 1 aromatic rings. The lowest BCUT2D eigenvalue weighted by molar-refractivity contribution is 0.153. The molecule has 0 radical (unpaired) electrons. The van der Waals surface area contributed by atoms with Gasteiger partial charge in [-0.15, -0.1) is 11.3 Å². The highest BCUT2D eigenvalue weighted by Gasteiger charge is 2.26. The molecule has 0 unspecified atom stereocenters. The Morgan fingerprint density at radius 2 is 2.16 bits per heavy atom. The average Bonchev–Trinajstić information content (AvgIpc) is 3.07. The molecule has 1 aliphatic rings. The van der Waals surface area contributed by atoms with Crippen LogP contribution in [0.2, 0.25) is 0 Å². The smallest absolute Gasteiger partial charge is 0.251 e. The molecule has 0 aromatic carbocycles. The van der Waals surface area contributed by atoms with Gasteiger partial charge in [0.25, 0.3) is 6.43 Å². The van der Waals surface area contributed by atoms with E-state index in [1.165, 1.54) is 11.3 Å². The standard InChI is InChI=1S/C11H16F2N2O2S2/c1-7-6-18-9(4-14-8-2-3-8)11(7)19(16,17)15-5-10(12)13/h6,8,10,14-15H,2-5H2,1H3. The monoisotopic (exact) mass is 310 g/mol. The summed E-state index contributed by atoms with van der Waals surface area (Å²) in [6.07, 6.45) is -0.478. The van der Waals surface area contributed by atoms with E-state index in [1.54, 1.807) is 12.3 Å². The normalized spacial score (nSPS) is 16.2. The molecule has 1 aromatic heterocycles. The van der Waals surface area contributed by atoms with E-state index in [-0.39, 0.29) is 4.90 Å². The van der Waals surface area contributed by atoms with Crippen LogP contribution in [0.1, 0.15) is 23.3 Å². The first-order valence-electron chi connectivity index (χ1n) is 5.98. The van der Waals surface area contributed by atoms with Gasteiger partial charge in [-0.05, 0) is 30.7 Å². The van der Waals surface area contributed by atoms with Gasteiger partial charge in [-0.25, -0.2) is 21.9 Å². The van der Waals surface area contributed by atoms with Crippen molar-refractivity contribution in [1.29, 1.82) is 0 Å². The SMILES string of the molecule is Cc1csc(CNC2CC2)c1S(=O)(=O)NCC(F)F. The van der Waals surface area contributed by atoms with Crippen LogP contribution >= 0.6 is 11.3 Å². The molecular weight excluding hydrogens is 294 g/mol. The summed E-state index contributed by atoms with van der Waals surface area (Å²) in [5, 5.41) is 4.97. The summed E-state index contributed by atoms with van der Waals surface area (Å²) < 4.78 is 50.3. The Labute approximate surface area is 115 Å². The Balaban J connectivity index is 2.14. The Morgan fingerprint density at radius 3 is 2.74 bits per heavy atom. The van der Waals surface area contributed by atoms with Gasteiger partial charge in [0.1, 0.15) is 4.90 Å². The van der Waals surface area contributed by atoms with Gasteiger partial charge in [0.15, 0.2) is 0 Å². The predicted octanol–water partition coefficient (Wildman–Crippen LogP) is 1.85. The average molecular weight is 310 g/mol. The van der Waals surface area contributed by atoms with Crippen molar-refractivity contribution in [3.63, 3.8) is 0 Å². The Kier molecular flexibility index (Phi) is 4.54. The zero-order valence-corrected chi connectivity index (χ0v) is 12.1. The molecule has 2 N–H and O–H groups in total. The minimum atomic E-state index is -3.86. The molecule has 0 bridgehead atoms. The predicted molar refractivity (Wildman–Crippen MR) is 70.1 cm³/mol. The fourth-order valence-corrected chi connectivity index (χ4v) is 4.50. The second-order valence-electron chi connectivity index (χ2n) is 4.57. The number of aryl methyl sites for hydroxylation is 1. The van der Waals surface area contributed by atoms with Crippen LogP contribution in [0.5, 0.6) is 0 Å². The Morgan fingerprint density at radius 1 is 1.47 bits per heavy atom. The zero-order valence-electron chi connectivity index (χ0n) is 10.4. The third-order valence-electron chi connectivity index (χ3n) is 2.81. The highest BCUT2D eigenvalue weighted by Crippen LogP contribution is 2.28. The fourth-order valence-electron chi connectivity index (χ4n) is 1.74. The molecular formula is C11H16F2N2O2S2. The number of hydrogen-bond donors (Lipinski definition) is 2. The van der Waals surface area contributed by atoms with Crippen molar-refractivity contribution >= 4 is 21.4 Å². The molecule has 19 heavy (non-hydrogen) atoms. The van der Waals surface area contributed by atoms with E-state index >= 15 is 0 Å². The lowest BCUT2D eigenvalue weighted by Gasteiger charge is -2.09. The lowest BCUT2D eigenvalue weighted by atomic mass is 10.3. The van der Waals surface area contributed by atoms with E-state index in [4.69, 9.17) is 0 Å². The van der Waals surface area contributed by atoms with Gasteiger partial charge in [-0.3, -0.25) is 0 Å². The van der Waals surface area contributed by atoms with Crippen molar-refractivity contribution in [2.45, 2.75) is 43.7 Å². The van der Waals surface area contributed by atoms with Gasteiger partial charge in [0, 0.05) is 17.5 Å². The van der Waals surface area contributed by atoms with Gasteiger partial charge < -0.3 is 5.32 Å². The van der Waals surface area contributed by atoms with Crippen LogP contribution in [-0.2, 0) is 16.6 Å². The van der Waals surface area contributed by atoms with Crippen molar-refractivity contribution in [3.8, 4) is 0 Å². The maximum atomic E-state index is 12.1. The van der Waals surface area contributed by atoms with Gasteiger partial charge in [0.2, 0.25) is 10.0 Å². The van der Waals surface area contributed by atoms with E-state index in [2.05, 4.69) is 5.32 Å². The van der Waals surface area contributed by atoms with Crippen LogP contribution < -0.4 is 10.0 Å². The topological polar surface area (TPSA) is 58.2 Å². The highest BCUT2D eigenvalue weighted by molar-refractivity contribution is 7.89. The molecule has 0 spiro atoms. The molecule has 1 saturated carbocycles. The zero-order chi connectivity index (χ0) is 14.0. The van der Waals surface area contributed by atoms with Gasteiger partial charge >= 0.3 is 0 Å². The number of rotatable bonds is 7. The van der Waals surface area contributed by atoms with Crippen molar-refractivity contribution < 1.29 is 17.2 Å². The van der Waals surface area contributed by atoms with Crippen LogP contribution in [-0.4, -0.2) is 27.4 Å². The minimum Gasteiger partial charge on any atom is -0.309 e. The first kappa shape index (κ1) is 14.8. The van der Waals surface area contributed by atoms with Crippen LogP contribution in [0.4, 0.5) is 8.78 Å². The second kappa shape index (κ2) is 5.82. The number of nitrogens with one attached hydrogen (secondary N) is 2. The van der Waals surface area contributed by atoms with Crippen LogP contribution in [0.25, 0.3) is 0 Å². The Hall–Kier alpha value is -0.570. The highest BCUT2D eigenvalue weighted by atomic mass is 32.2. The summed E-state index contributed by atoms with van der Waals surface area (Å²) in [4.78, 5) is 0.817. The maximum Gasteiger partial charge on any atom is 0.251 e. The van der Waals surface area contributed by atoms with E-state index in [0.29, 0.717) is 23.0 Å². The quantitative estimate of drug-likeness (QED) is 0.808. The number of halogens is 2. The molecule has 8 heteroatoms. The first-order valence-corrected chi connectivity index (χ1v) is 8.34. The van der Waals surface area contributed by atoms with Crippen LogP contribution in [0.3, 0.4) is 0 Å².